The number of nitrogens with one attached hydrogen (secondary N) is 5. The third kappa shape index (κ3) is 34.9. The van der Waals surface area contributed by atoms with Gasteiger partial charge in [0.05, 0.1) is 96.1 Å². The fourth-order valence-corrected chi connectivity index (χ4v) is 15.5. The lowest BCUT2D eigenvalue weighted by Crippen LogP contribution is -2.14. The standard InChI is InChI=1S/3C19H20N4O6S.C18H17FN4O6S.C18H20N4O5S/c1-5-29-18(28)15-10(3)20-19(30-15)21-16(25)14(11(4)24)23-22-13-7-6-9(2)8-12(13)17(26)27;1-5-29-18(28)15-10(3)20-19(30-15)21-16(25)14(11(4)24)23-22-13-8-9(2)6-7-12(13)17(26)27;1-5-29-18(28)15-10(3)20-19(30-15)21-16(25)14(11(4)24)23-22-13-9(2)7-6-8-12(13)17(26)27;1-4-29-17(28)14-8(2)20-18(30-14)21-15(25)13(9(3)24)23-22-12-6-5-10(19)7-11(12)16(26)27;1-4-27-17(26)15-10(2)19-18(28-15)20-16(25)14(11(3)24)22-21-13-8-6-5-7-12(13)9-23/h3*6-8,24H,5H2,1-4H3,(H,26,27)(H,20,21,25);5-7,24H,4H2,1-3H3,(H,26,27)(H,20,21,25);5-8,23-24H,4,9H2,1-3H3,(H,19,20,25). The second kappa shape index (κ2) is 57.1. The molecular formula is C93H97FN20O29S5. The van der Waals surface area contributed by atoms with Gasteiger partial charge in [-0.15, -0.1) is 51.1 Å². The molecule has 0 fully saturated rings. The van der Waals surface area contributed by atoms with E-state index in [1.165, 1.54) is 65.0 Å². The Bertz CT molecular complexity index is 6880. The van der Waals surface area contributed by atoms with Gasteiger partial charge in [-0.1, -0.05) is 105 Å². The molecule has 0 aliphatic heterocycles. The van der Waals surface area contributed by atoms with E-state index in [4.69, 9.17) is 28.8 Å². The number of aliphatic hydroxyl groups is 6. The third-order valence-corrected chi connectivity index (χ3v) is 23.3. The number of esters is 5. The molecule has 148 heavy (non-hydrogen) atoms. The number of aromatic carboxylic acids is 4. The summed E-state index contributed by atoms with van der Waals surface area (Å²) in [5.74, 6) is -14.9. The van der Waals surface area contributed by atoms with Gasteiger partial charge in [0.1, 0.15) is 81.7 Å². The minimum absolute atomic E-state index is 0.0225. The maximum Gasteiger partial charge on any atom is 0.350 e. The highest BCUT2D eigenvalue weighted by atomic mass is 32.1. The Morgan fingerprint density at radius 1 is 0.311 bits per heavy atom. The summed E-state index contributed by atoms with van der Waals surface area (Å²) in [7, 11) is 0. The van der Waals surface area contributed by atoms with Crippen molar-refractivity contribution in [2.45, 2.75) is 131 Å². The van der Waals surface area contributed by atoms with E-state index in [1.807, 2.05) is 0 Å². The van der Waals surface area contributed by atoms with Crippen molar-refractivity contribution in [1.82, 2.24) is 24.9 Å². The molecule has 0 unspecified atom stereocenters. The number of carbonyl (C=O) groups is 14. The first-order chi connectivity index (χ1) is 69.9. The number of allylic oxidation sites excluding steroid dienone is 5. The van der Waals surface area contributed by atoms with Crippen LogP contribution in [0.15, 0.2) is 205 Å². The van der Waals surface area contributed by atoms with E-state index in [9.17, 15) is 117 Å². The highest BCUT2D eigenvalue weighted by molar-refractivity contribution is 7.19. The molecule has 780 valence electrons. The lowest BCUT2D eigenvalue weighted by Gasteiger charge is -2.05. The number of carbonyl (C=O) groups excluding carboxylic acids is 10. The number of hydrogen-bond donors (Lipinski definition) is 15. The molecule has 0 atom stereocenters. The Balaban J connectivity index is 0.000000283. The van der Waals surface area contributed by atoms with Gasteiger partial charge in [0.15, 0.2) is 54.1 Å². The van der Waals surface area contributed by atoms with Gasteiger partial charge >= 0.3 is 53.7 Å². The number of azo groups is 5. The van der Waals surface area contributed by atoms with Crippen LogP contribution in [0.2, 0.25) is 0 Å². The van der Waals surface area contributed by atoms with Crippen molar-refractivity contribution in [2.75, 3.05) is 59.6 Å². The van der Waals surface area contributed by atoms with Crippen LogP contribution in [0.5, 0.6) is 0 Å². The molecule has 10 rings (SSSR count). The van der Waals surface area contributed by atoms with Crippen LogP contribution in [0.1, 0.15) is 210 Å². The number of aliphatic hydroxyl groups excluding tert-OH is 6. The molecular weight excluding hydrogens is 2040 g/mol. The number of aryl methyl sites for hydroxylation is 8. The molecule has 0 saturated heterocycles. The predicted molar refractivity (Wildman–Crippen MR) is 537 cm³/mol. The fourth-order valence-electron chi connectivity index (χ4n) is 11.2. The number of aromatic nitrogens is 5. The molecule has 5 aromatic carbocycles. The maximum absolute atomic E-state index is 13.3. The number of carboxylic acid groups (broad SMARTS) is 4. The fraction of sp³-hybridized carbons (Fsp3) is 0.258. The second-order valence-electron chi connectivity index (χ2n) is 29.4. The molecule has 5 amide bonds. The van der Waals surface area contributed by atoms with Crippen molar-refractivity contribution in [3.63, 3.8) is 0 Å². The van der Waals surface area contributed by atoms with E-state index < -0.39 is 140 Å². The molecule has 0 aliphatic carbocycles. The van der Waals surface area contributed by atoms with E-state index in [0.717, 1.165) is 86.0 Å². The number of hydrogen-bond acceptors (Lipinski definition) is 45. The summed E-state index contributed by atoms with van der Waals surface area (Å²) in [6, 6.07) is 23.1. The Kier molecular flexibility index (Phi) is 45.9. The Morgan fingerprint density at radius 2 is 0.588 bits per heavy atom. The SMILES string of the molecule is CCOC(=O)c1sc(NC(=O)C(N=Nc2c(C)cccc2C(=O)O)=C(C)O)nc1C.CCOC(=O)c1sc(NC(=O)C(N=Nc2cc(C)ccc2C(=O)O)=C(C)O)nc1C.CCOC(=O)c1sc(NC(=O)C(N=Nc2ccc(C)cc2C(=O)O)=C(C)O)nc1C.CCOC(=O)c1sc(NC(=O)C(N=Nc2ccc(F)cc2C(=O)O)=C(C)O)nc1C.CCOC(=O)c1sc(NC(=O)C(N=Nc2ccccc2CO)=C(C)O)nc1C. The summed E-state index contributed by atoms with van der Waals surface area (Å²) in [4.78, 5) is 189. The van der Waals surface area contributed by atoms with Crippen LogP contribution < -0.4 is 26.6 Å². The number of halogens is 1. The summed E-state index contributed by atoms with van der Waals surface area (Å²) in [5, 5.41) is 146. The van der Waals surface area contributed by atoms with Gasteiger partial charge in [0.25, 0.3) is 29.5 Å². The molecule has 0 aliphatic rings. The number of benzene rings is 5. The molecule has 10 aromatic rings. The lowest BCUT2D eigenvalue weighted by molar-refractivity contribution is -0.113. The van der Waals surface area contributed by atoms with Crippen LogP contribution in [0.3, 0.4) is 0 Å². The summed E-state index contributed by atoms with van der Waals surface area (Å²) in [6.07, 6.45) is 0. The molecule has 5 heterocycles. The number of nitrogens with zero attached hydrogens (tertiary/aromatic N) is 15. The zero-order chi connectivity index (χ0) is 110. The minimum Gasteiger partial charge on any atom is -0.510 e. The largest absolute Gasteiger partial charge is 0.510 e. The Labute approximate surface area is 859 Å². The van der Waals surface area contributed by atoms with Gasteiger partial charge in [-0.25, -0.2) is 72.5 Å². The number of carboxylic acids is 4. The smallest absolute Gasteiger partial charge is 0.350 e. The third-order valence-electron chi connectivity index (χ3n) is 18.0. The van der Waals surface area contributed by atoms with Gasteiger partial charge in [0.2, 0.25) is 0 Å². The van der Waals surface area contributed by atoms with Crippen molar-refractivity contribution in [3.8, 4) is 0 Å². The summed E-state index contributed by atoms with van der Waals surface area (Å²) >= 11 is 4.58. The van der Waals surface area contributed by atoms with Crippen LogP contribution in [0, 0.1) is 61.2 Å². The second-order valence-corrected chi connectivity index (χ2v) is 34.4. The zero-order valence-corrected chi connectivity index (χ0v) is 85.9. The van der Waals surface area contributed by atoms with Crippen molar-refractivity contribution < 1.29 is 146 Å². The summed E-state index contributed by atoms with van der Waals surface area (Å²) < 4.78 is 37.9. The number of anilines is 5. The number of ether oxygens (including phenoxy) is 5. The van der Waals surface area contributed by atoms with E-state index in [-0.39, 0.29) is 141 Å². The van der Waals surface area contributed by atoms with Crippen molar-refractivity contribution >= 4 is 194 Å². The number of thiazole rings is 5. The van der Waals surface area contributed by atoms with Crippen LogP contribution in [-0.4, -0.2) is 192 Å². The summed E-state index contributed by atoms with van der Waals surface area (Å²) in [5.41, 5.74) is 1.79. The molecule has 5 aromatic heterocycles. The van der Waals surface area contributed by atoms with E-state index >= 15 is 0 Å². The topological polar surface area (TPSA) is 736 Å². The van der Waals surface area contributed by atoms with Crippen molar-refractivity contribution in [3.05, 3.63) is 258 Å². The molecule has 0 spiro atoms. The first-order valence-corrected chi connectivity index (χ1v) is 47.1. The van der Waals surface area contributed by atoms with E-state index in [0.29, 0.717) is 45.3 Å². The molecule has 15 N–H and O–H groups in total. The van der Waals surface area contributed by atoms with Crippen LogP contribution in [0.4, 0.5) is 58.5 Å². The van der Waals surface area contributed by atoms with E-state index in [2.05, 4.69) is 103 Å². The molecule has 0 bridgehead atoms. The van der Waals surface area contributed by atoms with Crippen LogP contribution >= 0.6 is 56.7 Å². The molecule has 49 nitrogen and oxygen atoms in total. The maximum atomic E-state index is 13.3. The minimum atomic E-state index is -1.44. The zero-order valence-electron chi connectivity index (χ0n) is 81.8. The summed E-state index contributed by atoms with van der Waals surface area (Å²) in [6.45, 7) is 28.4. The van der Waals surface area contributed by atoms with Crippen LogP contribution in [0.25, 0.3) is 0 Å². The highest BCUT2D eigenvalue weighted by Gasteiger charge is 2.29. The lowest BCUT2D eigenvalue weighted by atomic mass is 10.1. The Morgan fingerprint density at radius 3 is 0.892 bits per heavy atom. The highest BCUT2D eigenvalue weighted by Crippen LogP contribution is 2.35. The monoisotopic (exact) mass is 2140 g/mol. The Hall–Kier alpha value is -17.6. The van der Waals surface area contributed by atoms with Gasteiger partial charge in [-0.2, -0.15) is 0 Å². The molecule has 0 radical (unpaired) electrons. The average molecular weight is 2140 g/mol. The van der Waals surface area contributed by atoms with Gasteiger partial charge in [-0.3, -0.25) is 50.6 Å². The molecule has 0 saturated carbocycles. The first-order valence-electron chi connectivity index (χ1n) is 43.0. The van der Waals surface area contributed by atoms with Gasteiger partial charge < -0.3 is 74.7 Å². The normalized spacial score (nSPS) is 11.9. The predicted octanol–water partition coefficient (Wildman–Crippen LogP) is 20.1. The van der Waals surface area contributed by atoms with Crippen molar-refractivity contribution in [2.24, 2.45) is 51.1 Å². The van der Waals surface area contributed by atoms with Crippen LogP contribution in [-0.2, 0) is 54.3 Å². The molecule has 55 heteroatoms. The quantitative estimate of drug-likeness (QED) is 0.00577. The van der Waals surface area contributed by atoms with Gasteiger partial charge in [-0.05, 0) is 190 Å². The number of rotatable bonds is 35. The van der Waals surface area contributed by atoms with Crippen molar-refractivity contribution in [1.29, 1.82) is 0 Å². The average Bonchev–Trinajstić information content (AvgIpc) is 1.79. The van der Waals surface area contributed by atoms with Gasteiger partial charge in [0, 0.05) is 5.56 Å². The van der Waals surface area contributed by atoms with E-state index in [1.54, 1.807) is 139 Å². The first kappa shape index (κ1) is 119. The number of amides is 5.